The van der Waals surface area contributed by atoms with E-state index in [-0.39, 0.29) is 6.61 Å². The summed E-state index contributed by atoms with van der Waals surface area (Å²) in [6.07, 6.45) is -5.79. The fraction of sp³-hybridized carbons (Fsp3) is 0.889. The molecule has 0 bridgehead atoms. The van der Waals surface area contributed by atoms with Crippen molar-refractivity contribution >= 4 is 0 Å². The Kier molecular flexibility index (Phi) is 4.40. The lowest BCUT2D eigenvalue weighted by Gasteiger charge is -2.19. The minimum atomic E-state index is -4.32. The number of hydrogen-bond acceptors (Lipinski definition) is 2. The van der Waals surface area contributed by atoms with Crippen LogP contribution in [0.25, 0.3) is 0 Å². The molecule has 0 saturated carbocycles. The molecule has 0 amide bonds. The van der Waals surface area contributed by atoms with Crippen LogP contribution in [0.4, 0.5) is 13.2 Å². The van der Waals surface area contributed by atoms with E-state index in [0.29, 0.717) is 6.42 Å². The van der Waals surface area contributed by atoms with Gasteiger partial charge in [-0.3, -0.25) is 0 Å². The number of rotatable bonds is 4. The average molecular weight is 209 g/mol. The monoisotopic (exact) mass is 209 g/mol. The maximum atomic E-state index is 12.0. The number of ether oxygens (including phenoxy) is 1. The molecule has 2 nitrogen and oxygen atoms in total. The first-order chi connectivity index (χ1) is 6.19. The van der Waals surface area contributed by atoms with Crippen LogP contribution in [0.2, 0.25) is 0 Å². The van der Waals surface area contributed by atoms with Gasteiger partial charge in [-0.05, 0) is 27.2 Å². The zero-order chi connectivity index (χ0) is 11.4. The van der Waals surface area contributed by atoms with Crippen molar-refractivity contribution in [1.82, 2.24) is 0 Å². The Morgan fingerprint density at radius 3 is 2.21 bits per heavy atom. The molecule has 0 aliphatic rings. The van der Waals surface area contributed by atoms with Crippen molar-refractivity contribution in [3.63, 3.8) is 0 Å². The molecule has 0 aliphatic heterocycles. The predicted octanol–water partition coefficient (Wildman–Crippen LogP) is 2.89. The lowest BCUT2D eigenvalue weighted by molar-refractivity contribution is -0.215. The molecular weight excluding hydrogens is 195 g/mol. The van der Waals surface area contributed by atoms with Crippen molar-refractivity contribution in [2.75, 3.05) is 6.61 Å². The van der Waals surface area contributed by atoms with Gasteiger partial charge in [-0.1, -0.05) is 0 Å². The second kappa shape index (κ2) is 4.65. The van der Waals surface area contributed by atoms with Crippen LogP contribution >= 0.6 is 0 Å². The van der Waals surface area contributed by atoms with Gasteiger partial charge in [-0.25, -0.2) is 0 Å². The average Bonchev–Trinajstić information content (AvgIpc) is 2.02. The highest BCUT2D eigenvalue weighted by molar-refractivity contribution is 4.91. The highest BCUT2D eigenvalue weighted by Crippen LogP contribution is 2.24. The minimum absolute atomic E-state index is 0.0543. The standard InChI is InChI=1S/C9H14F3NO/c1-7(9(10,11)12)14-5-4-8(2,3)6-13/h7H,4-5H2,1-3H3. The molecular formula is C9H14F3NO. The molecule has 0 N–H and O–H groups in total. The van der Waals surface area contributed by atoms with Crippen LogP contribution in [0.1, 0.15) is 27.2 Å². The molecule has 0 heterocycles. The highest BCUT2D eigenvalue weighted by atomic mass is 19.4. The van der Waals surface area contributed by atoms with Gasteiger partial charge in [0.2, 0.25) is 0 Å². The molecule has 5 heteroatoms. The number of nitrogens with zero attached hydrogens (tertiary/aromatic N) is 1. The summed E-state index contributed by atoms with van der Waals surface area (Å²) in [5.41, 5.74) is -0.634. The van der Waals surface area contributed by atoms with E-state index in [1.165, 1.54) is 0 Å². The summed E-state index contributed by atoms with van der Waals surface area (Å²) >= 11 is 0. The van der Waals surface area contributed by atoms with Gasteiger partial charge >= 0.3 is 6.18 Å². The van der Waals surface area contributed by atoms with Crippen molar-refractivity contribution in [2.24, 2.45) is 5.41 Å². The molecule has 0 saturated heterocycles. The summed E-state index contributed by atoms with van der Waals surface area (Å²) < 4.78 is 40.5. The first-order valence-corrected chi connectivity index (χ1v) is 4.28. The summed E-state index contributed by atoms with van der Waals surface area (Å²) in [5.74, 6) is 0. The second-order valence-electron chi connectivity index (χ2n) is 3.80. The van der Waals surface area contributed by atoms with Gasteiger partial charge in [0, 0.05) is 6.61 Å². The summed E-state index contributed by atoms with van der Waals surface area (Å²) in [6.45, 7) is 4.23. The molecule has 0 aromatic rings. The molecule has 1 unspecified atom stereocenters. The van der Waals surface area contributed by atoms with Crippen molar-refractivity contribution < 1.29 is 17.9 Å². The Balaban J connectivity index is 3.83. The van der Waals surface area contributed by atoms with Gasteiger partial charge in [-0.15, -0.1) is 0 Å². The molecule has 0 rings (SSSR count). The third-order valence-electron chi connectivity index (χ3n) is 1.86. The van der Waals surface area contributed by atoms with Gasteiger partial charge in [0.05, 0.1) is 11.5 Å². The van der Waals surface area contributed by atoms with Crippen LogP contribution in [0.15, 0.2) is 0 Å². The van der Waals surface area contributed by atoms with E-state index in [4.69, 9.17) is 5.26 Å². The van der Waals surface area contributed by atoms with Crippen LogP contribution in [0.5, 0.6) is 0 Å². The summed E-state index contributed by atoms with van der Waals surface area (Å²) in [4.78, 5) is 0. The summed E-state index contributed by atoms with van der Waals surface area (Å²) in [7, 11) is 0. The van der Waals surface area contributed by atoms with E-state index in [9.17, 15) is 13.2 Å². The Bertz CT molecular complexity index is 217. The second-order valence-corrected chi connectivity index (χ2v) is 3.80. The Morgan fingerprint density at radius 2 is 1.86 bits per heavy atom. The third-order valence-corrected chi connectivity index (χ3v) is 1.86. The van der Waals surface area contributed by atoms with Gasteiger partial charge in [0.15, 0.2) is 6.10 Å². The Hall–Kier alpha value is -0.760. The number of hydrogen-bond donors (Lipinski definition) is 0. The number of halogens is 3. The molecule has 0 spiro atoms. The van der Waals surface area contributed by atoms with Crippen molar-refractivity contribution in [1.29, 1.82) is 5.26 Å². The maximum absolute atomic E-state index is 12.0. The maximum Gasteiger partial charge on any atom is 0.414 e. The van der Waals surface area contributed by atoms with Crippen molar-refractivity contribution in [2.45, 2.75) is 39.5 Å². The molecule has 0 aromatic carbocycles. The minimum Gasteiger partial charge on any atom is -0.369 e. The van der Waals surface area contributed by atoms with Crippen LogP contribution in [-0.4, -0.2) is 18.9 Å². The quantitative estimate of drug-likeness (QED) is 0.713. The molecule has 0 radical (unpaired) electrons. The van der Waals surface area contributed by atoms with E-state index in [1.807, 2.05) is 6.07 Å². The highest BCUT2D eigenvalue weighted by Gasteiger charge is 2.37. The van der Waals surface area contributed by atoms with E-state index < -0.39 is 17.7 Å². The van der Waals surface area contributed by atoms with E-state index in [1.54, 1.807) is 13.8 Å². The van der Waals surface area contributed by atoms with Crippen molar-refractivity contribution in [3.05, 3.63) is 0 Å². The fourth-order valence-corrected chi connectivity index (χ4v) is 0.641. The first kappa shape index (κ1) is 13.2. The molecule has 0 fully saturated rings. The smallest absolute Gasteiger partial charge is 0.369 e. The van der Waals surface area contributed by atoms with Crippen LogP contribution in [0.3, 0.4) is 0 Å². The Labute approximate surface area is 81.7 Å². The first-order valence-electron chi connectivity index (χ1n) is 4.28. The summed E-state index contributed by atoms with van der Waals surface area (Å²) in [5, 5.41) is 8.59. The van der Waals surface area contributed by atoms with Crippen LogP contribution < -0.4 is 0 Å². The van der Waals surface area contributed by atoms with E-state index >= 15 is 0 Å². The molecule has 14 heavy (non-hydrogen) atoms. The van der Waals surface area contributed by atoms with Crippen LogP contribution in [0, 0.1) is 16.7 Å². The van der Waals surface area contributed by atoms with Gasteiger partial charge in [0.1, 0.15) is 0 Å². The topological polar surface area (TPSA) is 33.0 Å². The number of alkyl halides is 3. The van der Waals surface area contributed by atoms with Gasteiger partial charge in [-0.2, -0.15) is 18.4 Å². The van der Waals surface area contributed by atoms with Gasteiger partial charge < -0.3 is 4.74 Å². The third kappa shape index (κ3) is 5.07. The zero-order valence-electron chi connectivity index (χ0n) is 8.48. The van der Waals surface area contributed by atoms with Crippen molar-refractivity contribution in [3.8, 4) is 6.07 Å². The lowest BCUT2D eigenvalue weighted by Crippen LogP contribution is -2.29. The molecule has 82 valence electrons. The van der Waals surface area contributed by atoms with Crippen LogP contribution in [-0.2, 0) is 4.74 Å². The summed E-state index contributed by atoms with van der Waals surface area (Å²) in [6, 6.07) is 1.99. The fourth-order valence-electron chi connectivity index (χ4n) is 0.641. The lowest BCUT2D eigenvalue weighted by atomic mass is 9.92. The largest absolute Gasteiger partial charge is 0.414 e. The van der Waals surface area contributed by atoms with E-state index in [0.717, 1.165) is 6.92 Å². The van der Waals surface area contributed by atoms with Gasteiger partial charge in [0.25, 0.3) is 0 Å². The Morgan fingerprint density at radius 1 is 1.36 bits per heavy atom. The molecule has 0 aliphatic carbocycles. The van der Waals surface area contributed by atoms with E-state index in [2.05, 4.69) is 4.74 Å². The molecule has 1 atom stereocenters. The molecule has 0 aromatic heterocycles. The zero-order valence-corrected chi connectivity index (χ0v) is 8.48. The normalized spacial score (nSPS) is 14.9. The SMILES string of the molecule is CC(OCCC(C)(C)C#N)C(F)(F)F. The predicted molar refractivity (Wildman–Crippen MR) is 45.5 cm³/mol. The number of nitriles is 1.